The summed E-state index contributed by atoms with van der Waals surface area (Å²) >= 11 is 0. The molecule has 1 aliphatic rings. The zero-order chi connectivity index (χ0) is 19.7. The van der Waals surface area contributed by atoms with Gasteiger partial charge in [-0.05, 0) is 43.2 Å². The van der Waals surface area contributed by atoms with Gasteiger partial charge in [-0.2, -0.15) is 0 Å². The molecular formula is C21H24N4O3. The molecule has 0 N–H and O–H groups in total. The number of imidazole rings is 1. The Morgan fingerprint density at radius 2 is 2.04 bits per heavy atom. The average molecular weight is 380 g/mol. The molecule has 0 radical (unpaired) electrons. The van der Waals surface area contributed by atoms with Crippen molar-refractivity contribution < 1.29 is 9.53 Å². The lowest BCUT2D eigenvalue weighted by atomic mass is 10.1. The summed E-state index contributed by atoms with van der Waals surface area (Å²) < 4.78 is 8.66. The molecule has 28 heavy (non-hydrogen) atoms. The Morgan fingerprint density at radius 3 is 2.75 bits per heavy atom. The van der Waals surface area contributed by atoms with Crippen molar-refractivity contribution in [1.82, 2.24) is 19.0 Å². The average Bonchev–Trinajstić information content (AvgIpc) is 3.30. The molecule has 4 rings (SSSR count). The second-order valence-electron chi connectivity index (χ2n) is 7.05. The molecule has 0 unspecified atom stereocenters. The summed E-state index contributed by atoms with van der Waals surface area (Å²) in [5.74, 6) is 0.851. The van der Waals surface area contributed by atoms with Crippen molar-refractivity contribution in [3.05, 3.63) is 58.6 Å². The Morgan fingerprint density at radius 1 is 1.25 bits per heavy atom. The van der Waals surface area contributed by atoms with Crippen LogP contribution in [-0.2, 0) is 17.8 Å². The van der Waals surface area contributed by atoms with Gasteiger partial charge in [-0.3, -0.25) is 13.9 Å². The number of rotatable bonds is 5. The first kappa shape index (κ1) is 18.3. The summed E-state index contributed by atoms with van der Waals surface area (Å²) in [6.45, 7) is 3.74. The van der Waals surface area contributed by atoms with E-state index in [-0.39, 0.29) is 17.6 Å². The number of aryl methyl sites for hydroxylation is 1. The Hall–Kier alpha value is -3.09. The summed E-state index contributed by atoms with van der Waals surface area (Å²) in [5, 5.41) is 0. The largest absolute Gasteiger partial charge is 0.497 e. The van der Waals surface area contributed by atoms with Gasteiger partial charge in [0.1, 0.15) is 5.75 Å². The van der Waals surface area contributed by atoms with E-state index in [9.17, 15) is 9.59 Å². The highest BCUT2D eigenvalue weighted by molar-refractivity contribution is 5.79. The van der Waals surface area contributed by atoms with Crippen LogP contribution in [0.5, 0.6) is 5.75 Å². The van der Waals surface area contributed by atoms with E-state index in [4.69, 9.17) is 4.74 Å². The normalized spacial score (nSPS) is 16.6. The van der Waals surface area contributed by atoms with E-state index in [1.807, 2.05) is 48.2 Å². The van der Waals surface area contributed by atoms with Gasteiger partial charge in [0.25, 0.3) is 0 Å². The molecule has 3 heterocycles. The van der Waals surface area contributed by atoms with Crippen molar-refractivity contribution in [2.75, 3.05) is 20.2 Å². The number of ether oxygens (including phenoxy) is 1. The van der Waals surface area contributed by atoms with Gasteiger partial charge in [0.05, 0.1) is 25.1 Å². The molecule has 7 nitrogen and oxygen atoms in total. The Kier molecular flexibility index (Phi) is 4.90. The number of likely N-dealkylation sites (tertiary alicyclic amines) is 1. The highest BCUT2D eigenvalue weighted by Crippen LogP contribution is 2.25. The van der Waals surface area contributed by atoms with Crippen molar-refractivity contribution in [2.45, 2.75) is 32.4 Å². The van der Waals surface area contributed by atoms with E-state index >= 15 is 0 Å². The fourth-order valence-electron chi connectivity index (χ4n) is 3.95. The summed E-state index contributed by atoms with van der Waals surface area (Å²) in [4.78, 5) is 31.9. The minimum Gasteiger partial charge on any atom is -0.497 e. The summed E-state index contributed by atoms with van der Waals surface area (Å²) in [5.41, 5.74) is 2.45. The number of benzene rings is 1. The second-order valence-corrected chi connectivity index (χ2v) is 7.05. The number of nitrogens with zero attached hydrogens (tertiary/aromatic N) is 4. The van der Waals surface area contributed by atoms with E-state index < -0.39 is 0 Å². The van der Waals surface area contributed by atoms with Crippen LogP contribution >= 0.6 is 0 Å². The lowest BCUT2D eigenvalue weighted by molar-refractivity contribution is -0.129. The van der Waals surface area contributed by atoms with E-state index in [2.05, 4.69) is 4.98 Å². The molecule has 1 aromatic carbocycles. The molecule has 0 spiro atoms. The molecule has 0 saturated carbocycles. The van der Waals surface area contributed by atoms with Crippen molar-refractivity contribution in [2.24, 2.45) is 0 Å². The molecular weight excluding hydrogens is 356 g/mol. The number of carbonyl (C=O) groups excluding carboxylic acids is 1. The van der Waals surface area contributed by atoms with Crippen LogP contribution in [0.4, 0.5) is 0 Å². The molecule has 1 aliphatic heterocycles. The van der Waals surface area contributed by atoms with Crippen LogP contribution in [0, 0.1) is 0 Å². The lowest BCUT2D eigenvalue weighted by Gasteiger charge is -2.17. The first-order chi connectivity index (χ1) is 13.6. The molecule has 2 aromatic heterocycles. The van der Waals surface area contributed by atoms with Crippen LogP contribution in [0.15, 0.2) is 47.4 Å². The van der Waals surface area contributed by atoms with Gasteiger partial charge in [0.15, 0.2) is 5.65 Å². The van der Waals surface area contributed by atoms with Crippen LogP contribution in [0.25, 0.3) is 11.2 Å². The maximum Gasteiger partial charge on any atom is 0.330 e. The van der Waals surface area contributed by atoms with E-state index in [1.165, 1.54) is 0 Å². The number of fused-ring (bicyclic) bond motifs is 1. The molecule has 0 bridgehead atoms. The Labute approximate surface area is 163 Å². The van der Waals surface area contributed by atoms with E-state index in [0.29, 0.717) is 31.7 Å². The zero-order valence-corrected chi connectivity index (χ0v) is 16.2. The summed E-state index contributed by atoms with van der Waals surface area (Å²) in [6, 6.07) is 11.3. The quantitative estimate of drug-likeness (QED) is 0.681. The smallest absolute Gasteiger partial charge is 0.330 e. The monoisotopic (exact) mass is 380 g/mol. The third kappa shape index (κ3) is 3.17. The Balaban J connectivity index is 1.53. The maximum absolute atomic E-state index is 12.9. The fourth-order valence-corrected chi connectivity index (χ4v) is 3.95. The summed E-state index contributed by atoms with van der Waals surface area (Å²) in [7, 11) is 1.62. The van der Waals surface area contributed by atoms with Gasteiger partial charge < -0.3 is 9.64 Å². The van der Waals surface area contributed by atoms with Crippen LogP contribution in [0.1, 0.15) is 24.9 Å². The Bertz CT molecular complexity index is 1050. The maximum atomic E-state index is 12.9. The fraction of sp³-hybridized carbons (Fsp3) is 0.381. The highest BCUT2D eigenvalue weighted by Gasteiger charge is 2.30. The topological polar surface area (TPSA) is 69.4 Å². The van der Waals surface area contributed by atoms with Gasteiger partial charge >= 0.3 is 5.69 Å². The molecule has 0 aliphatic carbocycles. The molecule has 1 atom stereocenters. The number of hydrogen-bond donors (Lipinski definition) is 0. The molecule has 7 heteroatoms. The van der Waals surface area contributed by atoms with Crippen LogP contribution in [0.3, 0.4) is 0 Å². The van der Waals surface area contributed by atoms with Gasteiger partial charge in [-0.1, -0.05) is 12.1 Å². The van der Waals surface area contributed by atoms with Gasteiger partial charge in [0, 0.05) is 25.8 Å². The third-order valence-corrected chi connectivity index (χ3v) is 5.43. The van der Waals surface area contributed by atoms with Crippen molar-refractivity contribution in [3.63, 3.8) is 0 Å². The van der Waals surface area contributed by atoms with Gasteiger partial charge in [0.2, 0.25) is 5.91 Å². The highest BCUT2D eigenvalue weighted by atomic mass is 16.5. The summed E-state index contributed by atoms with van der Waals surface area (Å²) in [6.07, 6.45) is 2.81. The predicted molar refractivity (Wildman–Crippen MR) is 107 cm³/mol. The van der Waals surface area contributed by atoms with E-state index in [0.717, 1.165) is 23.3 Å². The number of carbonyl (C=O) groups is 1. The number of methoxy groups -OCH3 is 1. The lowest BCUT2D eigenvalue weighted by Crippen LogP contribution is -2.33. The van der Waals surface area contributed by atoms with Crippen LogP contribution < -0.4 is 10.4 Å². The first-order valence-corrected chi connectivity index (χ1v) is 9.58. The number of amides is 1. The van der Waals surface area contributed by atoms with Crippen molar-refractivity contribution in [3.8, 4) is 5.75 Å². The zero-order valence-electron chi connectivity index (χ0n) is 16.2. The van der Waals surface area contributed by atoms with Crippen molar-refractivity contribution in [1.29, 1.82) is 0 Å². The third-order valence-electron chi connectivity index (χ3n) is 5.43. The van der Waals surface area contributed by atoms with Crippen molar-refractivity contribution >= 4 is 17.1 Å². The van der Waals surface area contributed by atoms with Crippen LogP contribution in [0.2, 0.25) is 0 Å². The predicted octanol–water partition coefficient (Wildman–Crippen LogP) is 2.24. The molecule has 3 aromatic rings. The standard InChI is InChI=1S/C21H24N4O3/c1-3-24-18-5-4-11-22-20(18)25(21(24)27)16-10-12-23(14-16)19(26)13-15-6-8-17(28-2)9-7-15/h4-9,11,16H,3,10,12-14H2,1-2H3/t16-/m1/s1. The number of hydrogen-bond acceptors (Lipinski definition) is 4. The van der Waals surface area contributed by atoms with E-state index in [1.54, 1.807) is 22.4 Å². The molecule has 1 fully saturated rings. The first-order valence-electron chi connectivity index (χ1n) is 9.58. The molecule has 1 amide bonds. The minimum atomic E-state index is -0.0503. The second kappa shape index (κ2) is 7.50. The SMILES string of the molecule is CCn1c(=O)n([C@@H]2CCN(C(=O)Cc3ccc(OC)cc3)C2)c2ncccc21. The number of pyridine rings is 1. The minimum absolute atomic E-state index is 0.0440. The van der Waals surface area contributed by atoms with Gasteiger partial charge in [-0.25, -0.2) is 9.78 Å². The van der Waals surface area contributed by atoms with Gasteiger partial charge in [-0.15, -0.1) is 0 Å². The molecule has 1 saturated heterocycles. The number of aromatic nitrogens is 3. The van der Waals surface area contributed by atoms with Crippen LogP contribution in [-0.4, -0.2) is 45.1 Å². The molecule has 146 valence electrons.